The molecule has 1 aliphatic rings. The Hall–Kier alpha value is -1.77. The molecule has 1 saturated heterocycles. The number of halogens is 1. The number of rotatable bonds is 5. The van der Waals surface area contributed by atoms with Crippen LogP contribution in [0, 0.1) is 11.7 Å². The molecular weight excluding hydrogens is 387 g/mol. The summed E-state index contributed by atoms with van der Waals surface area (Å²) < 4.78 is 40.1. The predicted octanol–water partition coefficient (Wildman–Crippen LogP) is 3.51. The smallest absolute Gasteiger partial charge is 0.252 e. The number of benzene rings is 1. The van der Waals surface area contributed by atoms with Crippen molar-refractivity contribution in [3.05, 3.63) is 53.2 Å². The molecule has 1 fully saturated rings. The van der Waals surface area contributed by atoms with E-state index in [0.717, 1.165) is 5.56 Å². The zero-order valence-corrected chi connectivity index (χ0v) is 17.0. The number of sulfonamides is 1. The fourth-order valence-corrected chi connectivity index (χ4v) is 5.94. The van der Waals surface area contributed by atoms with Gasteiger partial charge in [-0.2, -0.15) is 4.31 Å². The number of carbonyl (C=O) groups excluding carboxylic acids is 1. The topological polar surface area (TPSA) is 57.7 Å². The summed E-state index contributed by atoms with van der Waals surface area (Å²) in [5, 5.41) is 1.74. The minimum absolute atomic E-state index is 0.00000318. The average molecular weight is 411 g/mol. The summed E-state index contributed by atoms with van der Waals surface area (Å²) in [4.78, 5) is 14.5. The molecule has 0 spiro atoms. The van der Waals surface area contributed by atoms with E-state index in [9.17, 15) is 17.6 Å². The Labute approximate surface area is 163 Å². The summed E-state index contributed by atoms with van der Waals surface area (Å²) in [6.07, 6.45) is 1.01. The Morgan fingerprint density at radius 1 is 1.22 bits per heavy atom. The summed E-state index contributed by atoms with van der Waals surface area (Å²) in [5.74, 6) is -0.507. The Morgan fingerprint density at radius 2 is 1.85 bits per heavy atom. The summed E-state index contributed by atoms with van der Waals surface area (Å²) >= 11 is 1.21. The maximum atomic E-state index is 13.1. The van der Waals surface area contributed by atoms with E-state index < -0.39 is 10.0 Å². The van der Waals surface area contributed by atoms with E-state index in [-0.39, 0.29) is 23.7 Å². The fraction of sp³-hybridized carbons (Fsp3) is 0.421. The van der Waals surface area contributed by atoms with Crippen molar-refractivity contribution >= 4 is 27.3 Å². The van der Waals surface area contributed by atoms with Crippen LogP contribution in [0.1, 0.15) is 31.4 Å². The highest BCUT2D eigenvalue weighted by Crippen LogP contribution is 2.29. The zero-order chi connectivity index (χ0) is 19.6. The van der Waals surface area contributed by atoms with Crippen LogP contribution in [0.2, 0.25) is 0 Å². The number of thiophene rings is 1. The van der Waals surface area contributed by atoms with E-state index in [1.807, 2.05) is 6.92 Å². The molecule has 2 heterocycles. The van der Waals surface area contributed by atoms with Crippen LogP contribution in [-0.4, -0.2) is 43.7 Å². The van der Waals surface area contributed by atoms with Gasteiger partial charge in [-0.1, -0.05) is 18.2 Å². The molecule has 0 N–H and O–H groups in total. The Balaban J connectivity index is 1.62. The van der Waals surface area contributed by atoms with Crippen LogP contribution in [0.15, 0.2) is 46.0 Å². The normalized spacial score (nSPS) is 17.6. The van der Waals surface area contributed by atoms with Crippen molar-refractivity contribution in [2.75, 3.05) is 20.1 Å². The summed E-state index contributed by atoms with van der Waals surface area (Å²) in [6.45, 7) is 2.59. The third kappa shape index (κ3) is 4.23. The summed E-state index contributed by atoms with van der Waals surface area (Å²) in [5.41, 5.74) is 0.866. The highest BCUT2D eigenvalue weighted by molar-refractivity contribution is 7.91. The van der Waals surface area contributed by atoms with Crippen LogP contribution in [0.25, 0.3) is 0 Å². The second kappa shape index (κ2) is 8.08. The first kappa shape index (κ1) is 20.0. The SMILES string of the molecule is C[C@H](c1ccc(F)cc1)N(C)C(=O)C1CCN(S(=O)(=O)c2cccs2)CC1. The quantitative estimate of drug-likeness (QED) is 0.758. The first-order valence-corrected chi connectivity index (χ1v) is 11.2. The molecule has 0 bridgehead atoms. The van der Waals surface area contributed by atoms with Gasteiger partial charge in [0.1, 0.15) is 10.0 Å². The Bertz CT molecular complexity index is 874. The van der Waals surface area contributed by atoms with Crippen LogP contribution in [0.3, 0.4) is 0 Å². The van der Waals surface area contributed by atoms with Crippen molar-refractivity contribution in [1.82, 2.24) is 9.21 Å². The summed E-state index contributed by atoms with van der Waals surface area (Å²) in [6, 6.07) is 9.29. The second-order valence-electron chi connectivity index (χ2n) is 6.79. The second-order valence-corrected chi connectivity index (χ2v) is 9.90. The standard InChI is InChI=1S/C19H23FN2O3S2/c1-14(15-5-7-17(20)8-6-15)21(2)19(23)16-9-11-22(12-10-16)27(24,25)18-4-3-13-26-18/h3-8,13-14,16H,9-12H2,1-2H3/t14-/m1/s1. The molecule has 0 radical (unpaired) electrons. The van der Waals surface area contributed by atoms with Crippen LogP contribution >= 0.6 is 11.3 Å². The number of piperidine rings is 1. The molecule has 5 nitrogen and oxygen atoms in total. The molecule has 27 heavy (non-hydrogen) atoms. The van der Waals surface area contributed by atoms with Gasteiger partial charge in [0.15, 0.2) is 0 Å². The third-order valence-corrected chi connectivity index (χ3v) is 8.45. The highest BCUT2D eigenvalue weighted by atomic mass is 32.2. The minimum atomic E-state index is -3.46. The lowest BCUT2D eigenvalue weighted by Crippen LogP contribution is -2.43. The van der Waals surface area contributed by atoms with Crippen LogP contribution < -0.4 is 0 Å². The van der Waals surface area contributed by atoms with E-state index >= 15 is 0 Å². The van der Waals surface area contributed by atoms with E-state index in [1.165, 1.54) is 27.8 Å². The molecule has 1 aromatic carbocycles. The minimum Gasteiger partial charge on any atom is -0.339 e. The van der Waals surface area contributed by atoms with E-state index in [4.69, 9.17) is 0 Å². The maximum absolute atomic E-state index is 13.1. The number of hydrogen-bond acceptors (Lipinski definition) is 4. The van der Waals surface area contributed by atoms with Crippen LogP contribution in [0.4, 0.5) is 4.39 Å². The Kier molecular flexibility index (Phi) is 5.98. The van der Waals surface area contributed by atoms with Gasteiger partial charge in [0.25, 0.3) is 10.0 Å². The molecule has 3 rings (SSSR count). The number of carbonyl (C=O) groups is 1. The van der Waals surface area contributed by atoms with Gasteiger partial charge >= 0.3 is 0 Å². The van der Waals surface area contributed by atoms with Crippen molar-refractivity contribution in [1.29, 1.82) is 0 Å². The largest absolute Gasteiger partial charge is 0.339 e. The predicted molar refractivity (Wildman–Crippen MR) is 103 cm³/mol. The third-order valence-electron chi connectivity index (χ3n) is 5.17. The molecule has 1 aliphatic heterocycles. The number of amides is 1. The van der Waals surface area contributed by atoms with Gasteiger partial charge in [0.05, 0.1) is 6.04 Å². The lowest BCUT2D eigenvalue weighted by Gasteiger charge is -2.34. The average Bonchev–Trinajstić information content (AvgIpc) is 3.23. The molecule has 1 aromatic heterocycles. The Morgan fingerprint density at radius 3 is 2.41 bits per heavy atom. The molecule has 8 heteroatoms. The molecule has 1 atom stereocenters. The molecule has 0 aliphatic carbocycles. The summed E-state index contributed by atoms with van der Waals surface area (Å²) in [7, 11) is -1.72. The van der Waals surface area contributed by atoms with Crippen molar-refractivity contribution in [3.8, 4) is 0 Å². The fourth-order valence-electron chi connectivity index (χ4n) is 3.32. The number of hydrogen-bond donors (Lipinski definition) is 0. The van der Waals surface area contributed by atoms with Crippen molar-refractivity contribution in [2.24, 2.45) is 5.92 Å². The van der Waals surface area contributed by atoms with Gasteiger partial charge in [-0.15, -0.1) is 11.3 Å². The molecule has 146 valence electrons. The van der Waals surface area contributed by atoms with Gasteiger partial charge in [-0.25, -0.2) is 12.8 Å². The lowest BCUT2D eigenvalue weighted by atomic mass is 9.95. The molecule has 0 saturated carbocycles. The zero-order valence-electron chi connectivity index (χ0n) is 15.3. The van der Waals surface area contributed by atoms with Gasteiger partial charge in [0.2, 0.25) is 5.91 Å². The molecule has 0 unspecified atom stereocenters. The molecule has 2 aromatic rings. The number of nitrogens with zero attached hydrogens (tertiary/aromatic N) is 2. The lowest BCUT2D eigenvalue weighted by molar-refractivity contribution is -0.137. The van der Waals surface area contributed by atoms with Gasteiger partial charge in [-0.3, -0.25) is 4.79 Å². The molecule has 1 amide bonds. The van der Waals surface area contributed by atoms with E-state index in [1.54, 1.807) is 41.6 Å². The maximum Gasteiger partial charge on any atom is 0.252 e. The molecular formula is C19H23FN2O3S2. The first-order chi connectivity index (χ1) is 12.8. The van der Waals surface area contributed by atoms with Gasteiger partial charge < -0.3 is 4.90 Å². The van der Waals surface area contributed by atoms with Gasteiger partial charge in [-0.05, 0) is 48.9 Å². The van der Waals surface area contributed by atoms with Crippen molar-refractivity contribution in [3.63, 3.8) is 0 Å². The highest BCUT2D eigenvalue weighted by Gasteiger charge is 2.34. The van der Waals surface area contributed by atoms with E-state index in [2.05, 4.69) is 0 Å². The van der Waals surface area contributed by atoms with E-state index in [0.29, 0.717) is 30.1 Å². The van der Waals surface area contributed by atoms with Gasteiger partial charge in [0, 0.05) is 26.1 Å². The van der Waals surface area contributed by atoms with Crippen molar-refractivity contribution in [2.45, 2.75) is 30.0 Å². The van der Waals surface area contributed by atoms with Crippen LogP contribution in [0.5, 0.6) is 0 Å². The van der Waals surface area contributed by atoms with Crippen molar-refractivity contribution < 1.29 is 17.6 Å². The first-order valence-electron chi connectivity index (χ1n) is 8.86. The van der Waals surface area contributed by atoms with Crippen LogP contribution in [-0.2, 0) is 14.8 Å². The monoisotopic (exact) mass is 410 g/mol.